The second-order valence-corrected chi connectivity index (χ2v) is 8.59. The summed E-state index contributed by atoms with van der Waals surface area (Å²) in [5.74, 6) is 0.339. The molecule has 24 heavy (non-hydrogen) atoms. The summed E-state index contributed by atoms with van der Waals surface area (Å²) in [6, 6.07) is 2.00. The summed E-state index contributed by atoms with van der Waals surface area (Å²) in [5, 5.41) is 19.1. The fraction of sp³-hybridized carbons (Fsp3) is 0.647. The molecule has 3 atom stereocenters. The van der Waals surface area contributed by atoms with Crippen LogP contribution in [0.15, 0.2) is 16.9 Å². The normalized spacial score (nSPS) is 26.8. The monoisotopic (exact) mass is 397 g/mol. The van der Waals surface area contributed by atoms with Crippen LogP contribution in [0.5, 0.6) is 0 Å². The number of halogens is 1. The summed E-state index contributed by atoms with van der Waals surface area (Å²) in [6.07, 6.45) is 1.85. The molecular formula is C17H24BrN3O3. The third-order valence-electron chi connectivity index (χ3n) is 5.28. The van der Waals surface area contributed by atoms with Crippen LogP contribution in [0.3, 0.4) is 0 Å². The number of likely N-dealkylation sites (tertiary alicyclic amines) is 1. The van der Waals surface area contributed by atoms with Gasteiger partial charge in [-0.2, -0.15) is 0 Å². The molecule has 0 aromatic carbocycles. The number of fused-ring (bicyclic) bond motifs is 1. The number of aliphatic hydroxyl groups excluding tert-OH is 1. The van der Waals surface area contributed by atoms with Crippen molar-refractivity contribution in [1.29, 1.82) is 0 Å². The zero-order valence-electron chi connectivity index (χ0n) is 14.2. The minimum atomic E-state index is -0.825. The number of aromatic nitrogens is 1. The Balaban J connectivity index is 1.82. The fourth-order valence-electron chi connectivity index (χ4n) is 4.05. The lowest BCUT2D eigenvalue weighted by Crippen LogP contribution is -2.48. The molecule has 2 N–H and O–H groups in total. The third-order valence-corrected chi connectivity index (χ3v) is 5.99. The lowest BCUT2D eigenvalue weighted by molar-refractivity contribution is 0.0889. The molecular weight excluding hydrogens is 374 g/mol. The van der Waals surface area contributed by atoms with Gasteiger partial charge in [0.15, 0.2) is 0 Å². The molecule has 1 unspecified atom stereocenters. The van der Waals surface area contributed by atoms with Crippen molar-refractivity contribution in [2.24, 2.45) is 11.3 Å². The molecule has 2 aliphatic rings. The van der Waals surface area contributed by atoms with Gasteiger partial charge >= 0.3 is 6.09 Å². The number of anilines is 1. The first-order valence-corrected chi connectivity index (χ1v) is 9.03. The van der Waals surface area contributed by atoms with Gasteiger partial charge in [0.1, 0.15) is 4.60 Å². The van der Waals surface area contributed by atoms with Gasteiger partial charge in [-0.3, -0.25) is 4.90 Å². The maximum Gasteiger partial charge on any atom is 0.407 e. The highest BCUT2D eigenvalue weighted by Gasteiger charge is 2.51. The summed E-state index contributed by atoms with van der Waals surface area (Å²) >= 11 is 3.33. The first-order valence-electron chi connectivity index (χ1n) is 8.24. The van der Waals surface area contributed by atoms with Gasteiger partial charge in [-0.15, -0.1) is 0 Å². The van der Waals surface area contributed by atoms with Gasteiger partial charge in [-0.1, -0.05) is 20.8 Å². The number of hydrogen-bond acceptors (Lipinski definition) is 4. The van der Waals surface area contributed by atoms with Crippen molar-refractivity contribution in [3.63, 3.8) is 0 Å². The molecule has 3 rings (SSSR count). The number of amides is 1. The quantitative estimate of drug-likeness (QED) is 0.750. The Morgan fingerprint density at radius 1 is 1.42 bits per heavy atom. The van der Waals surface area contributed by atoms with Gasteiger partial charge in [0.05, 0.1) is 24.5 Å². The van der Waals surface area contributed by atoms with E-state index < -0.39 is 6.09 Å². The maximum atomic E-state index is 11.8. The number of carboxylic acid groups (broad SMARTS) is 1. The van der Waals surface area contributed by atoms with Crippen molar-refractivity contribution in [1.82, 2.24) is 9.88 Å². The smallest absolute Gasteiger partial charge is 0.407 e. The van der Waals surface area contributed by atoms with Crippen LogP contribution < -0.4 is 4.90 Å². The van der Waals surface area contributed by atoms with Crippen molar-refractivity contribution in [3.8, 4) is 0 Å². The van der Waals surface area contributed by atoms with Gasteiger partial charge in [-0.05, 0) is 33.8 Å². The SMILES string of the molecule is CC(C)(C)C1C[C@@H]2CN(c3cnc(Br)c(CO)c3)C[C@@H]2N1C(=O)O. The Bertz CT molecular complexity index is 646. The molecule has 1 amide bonds. The van der Waals surface area contributed by atoms with E-state index in [0.717, 1.165) is 24.2 Å². The number of nitrogens with zero attached hydrogens (tertiary/aromatic N) is 3. The number of hydrogen-bond donors (Lipinski definition) is 2. The van der Waals surface area contributed by atoms with E-state index >= 15 is 0 Å². The van der Waals surface area contributed by atoms with Gasteiger partial charge in [0.25, 0.3) is 0 Å². The second kappa shape index (κ2) is 6.19. The molecule has 2 saturated heterocycles. The summed E-state index contributed by atoms with van der Waals surface area (Å²) in [6.45, 7) is 7.76. The fourth-order valence-corrected chi connectivity index (χ4v) is 4.40. The topological polar surface area (TPSA) is 76.9 Å². The Kier molecular flexibility index (Phi) is 4.51. The lowest BCUT2D eigenvalue weighted by Gasteiger charge is -2.36. The Hall–Kier alpha value is -1.34. The second-order valence-electron chi connectivity index (χ2n) is 7.84. The summed E-state index contributed by atoms with van der Waals surface area (Å²) in [5.41, 5.74) is 1.62. The van der Waals surface area contributed by atoms with E-state index in [1.807, 2.05) is 6.07 Å². The van der Waals surface area contributed by atoms with Crippen LogP contribution in [0, 0.1) is 11.3 Å². The zero-order valence-corrected chi connectivity index (χ0v) is 15.8. The molecule has 2 fully saturated rings. The van der Waals surface area contributed by atoms with E-state index in [1.54, 1.807) is 11.1 Å². The van der Waals surface area contributed by atoms with Crippen LogP contribution in [-0.2, 0) is 6.61 Å². The van der Waals surface area contributed by atoms with E-state index in [2.05, 4.69) is 46.6 Å². The van der Waals surface area contributed by atoms with Crippen LogP contribution in [-0.4, -0.2) is 51.4 Å². The molecule has 7 heteroatoms. The first-order chi connectivity index (χ1) is 11.2. The van der Waals surface area contributed by atoms with Gasteiger partial charge in [0.2, 0.25) is 0 Å². The molecule has 0 bridgehead atoms. The number of rotatable bonds is 2. The molecule has 0 spiro atoms. The van der Waals surface area contributed by atoms with Crippen molar-refractivity contribution in [3.05, 3.63) is 22.4 Å². The van der Waals surface area contributed by atoms with Crippen LogP contribution in [0.1, 0.15) is 32.8 Å². The van der Waals surface area contributed by atoms with Gasteiger partial charge in [0, 0.05) is 30.6 Å². The van der Waals surface area contributed by atoms with Crippen molar-refractivity contribution in [2.45, 2.75) is 45.9 Å². The molecule has 1 aromatic heterocycles. The van der Waals surface area contributed by atoms with E-state index in [4.69, 9.17) is 0 Å². The molecule has 1 aromatic rings. The van der Waals surface area contributed by atoms with Crippen molar-refractivity contribution in [2.75, 3.05) is 18.0 Å². The van der Waals surface area contributed by atoms with Crippen molar-refractivity contribution >= 4 is 27.7 Å². The van der Waals surface area contributed by atoms with E-state index in [0.29, 0.717) is 17.1 Å². The Labute approximate surface area is 150 Å². The highest BCUT2D eigenvalue weighted by atomic mass is 79.9. The third kappa shape index (κ3) is 2.99. The number of aliphatic hydroxyl groups is 1. The highest BCUT2D eigenvalue weighted by Crippen LogP contribution is 2.43. The minimum Gasteiger partial charge on any atom is -0.465 e. The van der Waals surface area contributed by atoms with Crippen LogP contribution in [0.25, 0.3) is 0 Å². The predicted molar refractivity (Wildman–Crippen MR) is 95.1 cm³/mol. The van der Waals surface area contributed by atoms with E-state index in [-0.39, 0.29) is 24.1 Å². The molecule has 2 aliphatic heterocycles. The summed E-state index contributed by atoms with van der Waals surface area (Å²) in [7, 11) is 0. The molecule has 0 radical (unpaired) electrons. The Morgan fingerprint density at radius 3 is 2.71 bits per heavy atom. The van der Waals surface area contributed by atoms with Crippen LogP contribution in [0.4, 0.5) is 10.5 Å². The predicted octanol–water partition coefficient (Wildman–Crippen LogP) is 2.94. The zero-order chi connectivity index (χ0) is 17.6. The largest absolute Gasteiger partial charge is 0.465 e. The first kappa shape index (κ1) is 17.5. The van der Waals surface area contributed by atoms with Crippen LogP contribution in [0.2, 0.25) is 0 Å². The molecule has 0 saturated carbocycles. The number of pyridine rings is 1. The van der Waals surface area contributed by atoms with Crippen molar-refractivity contribution < 1.29 is 15.0 Å². The molecule has 3 heterocycles. The lowest BCUT2D eigenvalue weighted by atomic mass is 9.84. The number of carbonyl (C=O) groups is 1. The molecule has 132 valence electrons. The summed E-state index contributed by atoms with van der Waals surface area (Å²) in [4.78, 5) is 20.0. The van der Waals surface area contributed by atoms with Crippen LogP contribution >= 0.6 is 15.9 Å². The standard InChI is InChI=1S/C17H24BrN3O3/c1-17(2,3)14-5-10-7-20(8-13(10)21(14)16(23)24)12-4-11(9-22)15(18)19-6-12/h4,6,10,13-14,22H,5,7-9H2,1-3H3,(H,23,24)/t10-,13+,14?/m1/s1. The highest BCUT2D eigenvalue weighted by molar-refractivity contribution is 9.10. The minimum absolute atomic E-state index is 0.0212. The van der Waals surface area contributed by atoms with Gasteiger partial charge < -0.3 is 15.1 Å². The molecule has 6 nitrogen and oxygen atoms in total. The molecule has 0 aliphatic carbocycles. The van der Waals surface area contributed by atoms with Gasteiger partial charge in [-0.25, -0.2) is 9.78 Å². The summed E-state index contributed by atoms with van der Waals surface area (Å²) < 4.78 is 0.646. The average molecular weight is 398 g/mol. The van der Waals surface area contributed by atoms with E-state index in [9.17, 15) is 15.0 Å². The Morgan fingerprint density at radius 2 is 2.12 bits per heavy atom. The average Bonchev–Trinajstić information content (AvgIpc) is 3.04. The van der Waals surface area contributed by atoms with E-state index in [1.165, 1.54) is 0 Å². The maximum absolute atomic E-state index is 11.8.